The van der Waals surface area contributed by atoms with Gasteiger partial charge in [0.15, 0.2) is 14.0 Å². The van der Waals surface area contributed by atoms with Crippen molar-refractivity contribution in [1.82, 2.24) is 4.90 Å². The maximum atomic E-state index is 13.9. The summed E-state index contributed by atoms with van der Waals surface area (Å²) < 4.78 is 13.0. The molecule has 1 unspecified atom stereocenters. The Labute approximate surface area is 228 Å². The summed E-state index contributed by atoms with van der Waals surface area (Å²) in [5.74, 6) is 0.414. The first-order valence-electron chi connectivity index (χ1n) is 14.0. The molecule has 1 aliphatic heterocycles. The Balaban J connectivity index is 2.41. The van der Waals surface area contributed by atoms with E-state index < -0.39 is 22.4 Å². The number of aliphatic hydroxyl groups is 1. The smallest absolute Gasteiger partial charge is 0.260 e. The summed E-state index contributed by atoms with van der Waals surface area (Å²) in [6.45, 7) is 24.9. The summed E-state index contributed by atoms with van der Waals surface area (Å²) in [5.41, 5.74) is -0.280. The lowest BCUT2D eigenvalue weighted by molar-refractivity contribution is -0.0852. The van der Waals surface area contributed by atoms with Crippen LogP contribution >= 0.6 is 0 Å². The first kappa shape index (κ1) is 31.8. The second kappa shape index (κ2) is 11.8. The predicted molar refractivity (Wildman–Crippen MR) is 160 cm³/mol. The van der Waals surface area contributed by atoms with Crippen molar-refractivity contribution >= 4 is 22.5 Å². The van der Waals surface area contributed by atoms with Gasteiger partial charge >= 0.3 is 0 Å². The minimum absolute atomic E-state index is 0.00833. The van der Waals surface area contributed by atoms with Crippen LogP contribution in [0.2, 0.25) is 36.3 Å². The maximum Gasteiger partial charge on any atom is 0.260 e. The predicted octanol–water partition coefficient (Wildman–Crippen LogP) is 8.22. The van der Waals surface area contributed by atoms with Crippen molar-refractivity contribution in [2.75, 3.05) is 13.2 Å². The van der Waals surface area contributed by atoms with Gasteiger partial charge in [0.05, 0.1) is 12.2 Å². The Bertz CT molecular complexity index is 959. The average Bonchev–Trinajstić information content (AvgIpc) is 2.97. The van der Waals surface area contributed by atoms with E-state index in [4.69, 9.17) is 8.85 Å². The van der Waals surface area contributed by atoms with Gasteiger partial charge in [0.25, 0.3) is 14.2 Å². The number of rotatable bonds is 12. The van der Waals surface area contributed by atoms with Crippen molar-refractivity contribution in [2.45, 2.75) is 123 Å². The highest BCUT2D eigenvalue weighted by atomic mass is 28.4. The molecular weight excluding hydrogens is 495 g/mol. The number of carbonyl (C=O) groups excluding carboxylic acids is 1. The van der Waals surface area contributed by atoms with Crippen LogP contribution in [0.25, 0.3) is 0 Å². The van der Waals surface area contributed by atoms with Gasteiger partial charge in [0.2, 0.25) is 0 Å². The number of amides is 1. The molecule has 5 nitrogen and oxygen atoms in total. The quantitative estimate of drug-likeness (QED) is 0.163. The largest absolute Gasteiger partial charge is 0.543 e. The highest BCUT2D eigenvalue weighted by Gasteiger charge is 2.50. The van der Waals surface area contributed by atoms with Gasteiger partial charge in [-0.05, 0) is 55.2 Å². The average molecular weight is 548 g/mol. The SMILES string of the molecule is CCCCC/C=C/CC1(O)c2cccc(O[Si](C)(C)C(C)(C)C)c2C(=O)N1CCO[Si](C)(C)C(C)(C)C. The molecule has 1 aromatic carbocycles. The molecule has 0 fully saturated rings. The number of hydrogen-bond acceptors (Lipinski definition) is 4. The Hall–Kier alpha value is -1.42. The molecule has 7 heteroatoms. The minimum atomic E-state index is -2.19. The summed E-state index contributed by atoms with van der Waals surface area (Å²) in [7, 11) is -4.17. The Morgan fingerprint density at radius 1 is 0.973 bits per heavy atom. The highest BCUT2D eigenvalue weighted by Crippen LogP contribution is 2.46. The monoisotopic (exact) mass is 547 g/mol. The van der Waals surface area contributed by atoms with Crippen molar-refractivity contribution in [3.8, 4) is 5.75 Å². The van der Waals surface area contributed by atoms with Crippen LogP contribution in [0.15, 0.2) is 30.4 Å². The zero-order chi connectivity index (χ0) is 28.3. The van der Waals surface area contributed by atoms with E-state index in [-0.39, 0.29) is 16.0 Å². The molecule has 1 heterocycles. The molecule has 0 aromatic heterocycles. The lowest BCUT2D eigenvalue weighted by atomic mass is 9.97. The topological polar surface area (TPSA) is 59.0 Å². The third kappa shape index (κ3) is 7.17. The zero-order valence-electron chi connectivity index (χ0n) is 25.5. The van der Waals surface area contributed by atoms with Crippen LogP contribution in [0.3, 0.4) is 0 Å². The van der Waals surface area contributed by atoms with Crippen LogP contribution < -0.4 is 4.43 Å². The molecule has 210 valence electrons. The van der Waals surface area contributed by atoms with E-state index in [2.05, 4.69) is 80.7 Å². The number of unbranched alkanes of at least 4 members (excludes halogenated alkanes) is 3. The molecule has 1 aromatic rings. The third-order valence-corrected chi connectivity index (χ3v) is 17.5. The van der Waals surface area contributed by atoms with Crippen molar-refractivity contribution in [3.05, 3.63) is 41.5 Å². The van der Waals surface area contributed by atoms with Crippen molar-refractivity contribution in [3.63, 3.8) is 0 Å². The summed E-state index contributed by atoms with van der Waals surface area (Å²) in [5, 5.41) is 12.2. The summed E-state index contributed by atoms with van der Waals surface area (Å²) in [6.07, 6.45) is 9.00. The van der Waals surface area contributed by atoms with Crippen LogP contribution in [0.4, 0.5) is 0 Å². The molecule has 1 aliphatic rings. The fourth-order valence-corrected chi connectivity index (χ4v) is 6.10. The van der Waals surface area contributed by atoms with E-state index in [1.807, 2.05) is 24.3 Å². The number of fused-ring (bicyclic) bond motifs is 1. The summed E-state index contributed by atoms with van der Waals surface area (Å²) >= 11 is 0. The van der Waals surface area contributed by atoms with Crippen molar-refractivity contribution < 1.29 is 18.8 Å². The van der Waals surface area contributed by atoms with Gasteiger partial charge in [-0.2, -0.15) is 0 Å². The Morgan fingerprint density at radius 3 is 2.16 bits per heavy atom. The minimum Gasteiger partial charge on any atom is -0.543 e. The second-order valence-corrected chi connectivity index (χ2v) is 23.1. The molecule has 2 rings (SSSR count). The molecule has 1 amide bonds. The number of benzene rings is 1. The molecule has 1 atom stereocenters. The lowest BCUT2D eigenvalue weighted by Gasteiger charge is -2.38. The summed E-state index contributed by atoms with van der Waals surface area (Å²) in [4.78, 5) is 15.5. The van der Waals surface area contributed by atoms with Gasteiger partial charge in [-0.15, -0.1) is 0 Å². The van der Waals surface area contributed by atoms with Crippen LogP contribution in [-0.4, -0.2) is 45.7 Å². The molecular formula is C30H53NO4Si2. The molecule has 0 saturated heterocycles. The van der Waals surface area contributed by atoms with E-state index in [0.717, 1.165) is 12.8 Å². The van der Waals surface area contributed by atoms with E-state index in [1.54, 1.807) is 4.90 Å². The van der Waals surface area contributed by atoms with Crippen LogP contribution in [-0.2, 0) is 10.2 Å². The second-order valence-electron chi connectivity index (χ2n) is 13.6. The number of allylic oxidation sites excluding steroid dienone is 1. The molecule has 0 aliphatic carbocycles. The van der Waals surface area contributed by atoms with E-state index in [9.17, 15) is 9.90 Å². The fourth-order valence-electron chi connectivity index (χ4n) is 4.04. The standard InChI is InChI=1S/C30H53NO4Si2/c1-12-13-14-15-16-17-21-30(33)24-19-18-20-25(35-37(10,11)29(5,6)7)26(24)27(32)31(30)22-23-34-36(8,9)28(2,3)4/h16-20,33H,12-15,21-23H2,1-11H3/b17-16+. The fraction of sp³-hybridized carbons (Fsp3) is 0.700. The Kier molecular flexibility index (Phi) is 10.1. The summed E-state index contributed by atoms with van der Waals surface area (Å²) in [6, 6.07) is 5.67. The number of nitrogens with zero attached hydrogens (tertiary/aromatic N) is 1. The zero-order valence-corrected chi connectivity index (χ0v) is 27.5. The van der Waals surface area contributed by atoms with Crippen LogP contribution in [0, 0.1) is 0 Å². The highest BCUT2D eigenvalue weighted by molar-refractivity contribution is 6.75. The normalized spacial score (nSPS) is 19.1. The van der Waals surface area contributed by atoms with Crippen molar-refractivity contribution in [1.29, 1.82) is 0 Å². The first-order valence-corrected chi connectivity index (χ1v) is 19.9. The molecule has 1 N–H and O–H groups in total. The molecule has 0 saturated carbocycles. The van der Waals surface area contributed by atoms with Gasteiger partial charge in [0, 0.05) is 18.5 Å². The molecule has 0 spiro atoms. The van der Waals surface area contributed by atoms with E-state index >= 15 is 0 Å². The maximum absolute atomic E-state index is 13.9. The van der Waals surface area contributed by atoms with Crippen LogP contribution in [0.5, 0.6) is 5.75 Å². The lowest BCUT2D eigenvalue weighted by Crippen LogP contribution is -2.47. The Morgan fingerprint density at radius 2 is 1.59 bits per heavy atom. The van der Waals surface area contributed by atoms with Gasteiger partial charge < -0.3 is 18.9 Å². The van der Waals surface area contributed by atoms with Gasteiger partial charge in [-0.1, -0.05) is 85.6 Å². The third-order valence-electron chi connectivity index (χ3n) is 8.66. The van der Waals surface area contributed by atoms with Gasteiger partial charge in [0.1, 0.15) is 5.75 Å². The van der Waals surface area contributed by atoms with E-state index in [1.165, 1.54) is 12.8 Å². The molecule has 0 bridgehead atoms. The van der Waals surface area contributed by atoms with Crippen LogP contribution in [0.1, 0.15) is 96.5 Å². The first-order chi connectivity index (χ1) is 16.9. The molecule has 0 radical (unpaired) electrons. The van der Waals surface area contributed by atoms with E-state index in [0.29, 0.717) is 36.4 Å². The van der Waals surface area contributed by atoms with Crippen molar-refractivity contribution in [2.24, 2.45) is 0 Å². The number of hydrogen-bond donors (Lipinski definition) is 1. The van der Waals surface area contributed by atoms with Gasteiger partial charge in [-0.3, -0.25) is 4.79 Å². The number of carbonyl (C=O) groups is 1. The van der Waals surface area contributed by atoms with Gasteiger partial charge in [-0.25, -0.2) is 0 Å². The molecule has 37 heavy (non-hydrogen) atoms.